The van der Waals surface area contributed by atoms with Gasteiger partial charge < -0.3 is 0 Å². The SMILES string of the molecule is [2H]C([2H])([2H])c1cnc2c3ccccc3c3ccc4c5ccccc5sc4c3c2c1C([2H])([2H])C(C)(C)C. The molecule has 1 nitrogen and oxygen atoms in total. The minimum atomic E-state index is -2.51. The highest BCUT2D eigenvalue weighted by atomic mass is 32.1. The Kier molecular flexibility index (Phi) is 2.97. The third-order valence-electron chi connectivity index (χ3n) is 5.85. The average molecular weight is 425 g/mol. The molecule has 6 aromatic rings. The third-order valence-corrected chi connectivity index (χ3v) is 7.05. The van der Waals surface area contributed by atoms with Crippen molar-refractivity contribution >= 4 is 64.0 Å². The van der Waals surface area contributed by atoms with E-state index in [1.807, 2.05) is 51.1 Å². The maximum absolute atomic E-state index is 9.31. The van der Waals surface area contributed by atoms with E-state index in [0.717, 1.165) is 41.7 Å². The van der Waals surface area contributed by atoms with E-state index in [0.29, 0.717) is 10.9 Å². The van der Waals surface area contributed by atoms with E-state index in [1.165, 1.54) is 6.20 Å². The van der Waals surface area contributed by atoms with Gasteiger partial charge in [0.1, 0.15) is 0 Å². The molecule has 0 fully saturated rings. The lowest BCUT2D eigenvalue weighted by molar-refractivity contribution is 0.412. The van der Waals surface area contributed by atoms with Crippen LogP contribution in [0.15, 0.2) is 66.9 Å². The van der Waals surface area contributed by atoms with Gasteiger partial charge in [-0.05, 0) is 46.6 Å². The second kappa shape index (κ2) is 6.51. The van der Waals surface area contributed by atoms with Crippen LogP contribution in [0.2, 0.25) is 0 Å². The molecular weight excluding hydrogens is 394 g/mol. The fourth-order valence-corrected chi connectivity index (χ4v) is 5.91. The zero-order chi connectivity index (χ0) is 25.6. The first-order chi connectivity index (χ1) is 16.9. The maximum Gasteiger partial charge on any atom is 0.0790 e. The number of nitrogens with zero attached hydrogens (tertiary/aromatic N) is 1. The molecular formula is C29H25NS. The lowest BCUT2D eigenvalue weighted by Crippen LogP contribution is -2.11. The number of thiophene rings is 1. The molecule has 0 radical (unpaired) electrons. The highest BCUT2D eigenvalue weighted by Crippen LogP contribution is 2.45. The van der Waals surface area contributed by atoms with Gasteiger partial charge in [0, 0.05) is 49.4 Å². The van der Waals surface area contributed by atoms with Crippen LogP contribution in [-0.2, 0) is 6.37 Å². The van der Waals surface area contributed by atoms with Crippen LogP contribution in [-0.4, -0.2) is 4.98 Å². The summed E-state index contributed by atoms with van der Waals surface area (Å²) in [5, 5.41) is 6.60. The molecule has 4 aromatic carbocycles. The van der Waals surface area contributed by atoms with Crippen LogP contribution in [0, 0.1) is 12.3 Å². The van der Waals surface area contributed by atoms with Gasteiger partial charge in [-0.15, -0.1) is 11.3 Å². The number of hydrogen-bond donors (Lipinski definition) is 0. The molecule has 2 heterocycles. The van der Waals surface area contributed by atoms with Crippen LogP contribution in [0.5, 0.6) is 0 Å². The molecule has 0 aliphatic rings. The van der Waals surface area contributed by atoms with Gasteiger partial charge in [-0.3, -0.25) is 4.98 Å². The Morgan fingerprint density at radius 2 is 1.55 bits per heavy atom. The van der Waals surface area contributed by atoms with Crippen molar-refractivity contribution in [1.29, 1.82) is 0 Å². The lowest BCUT2D eigenvalue weighted by atomic mass is 9.83. The van der Waals surface area contributed by atoms with Gasteiger partial charge in [0.2, 0.25) is 0 Å². The Bertz CT molecular complexity index is 1840. The number of rotatable bonds is 1. The molecule has 0 aliphatic carbocycles. The predicted octanol–water partition coefficient (Wildman–Crippen LogP) is 8.81. The molecule has 2 heteroatoms. The van der Waals surface area contributed by atoms with Crippen molar-refractivity contribution in [2.24, 2.45) is 5.41 Å². The standard InChI is InChI=1S/C29H25NS/c1-17-16-30-27-21-11-6-5-9-18(21)20-13-14-22-19-10-7-8-12-24(19)31-28(22)26(20)25(27)23(17)15-29(2,3)4/h5-14,16H,15H2,1-4H3/i1D3,15D2. The van der Waals surface area contributed by atoms with Gasteiger partial charge in [0.25, 0.3) is 0 Å². The number of benzene rings is 4. The first kappa shape index (κ1) is 14.2. The zero-order valence-corrected chi connectivity index (χ0v) is 18.5. The molecule has 31 heavy (non-hydrogen) atoms. The molecule has 0 saturated heterocycles. The highest BCUT2D eigenvalue weighted by Gasteiger charge is 2.21. The van der Waals surface area contributed by atoms with E-state index in [4.69, 9.17) is 9.10 Å². The number of aryl methyl sites for hydroxylation is 1. The molecule has 0 amide bonds. The van der Waals surface area contributed by atoms with Crippen LogP contribution in [0.1, 0.15) is 38.8 Å². The number of aromatic nitrogens is 1. The average Bonchev–Trinajstić information content (AvgIpc) is 3.20. The maximum atomic E-state index is 9.31. The van der Waals surface area contributed by atoms with E-state index in [9.17, 15) is 2.74 Å². The summed E-state index contributed by atoms with van der Waals surface area (Å²) >= 11 is 1.66. The molecule has 0 atom stereocenters. The Balaban J connectivity index is 2.01. The predicted molar refractivity (Wildman–Crippen MR) is 138 cm³/mol. The quantitative estimate of drug-likeness (QED) is 0.240. The Hall–Kier alpha value is -2.97. The summed E-state index contributed by atoms with van der Waals surface area (Å²) in [6, 6.07) is 20.5. The molecule has 0 bridgehead atoms. The van der Waals surface area contributed by atoms with E-state index < -0.39 is 18.6 Å². The number of pyridine rings is 1. The second-order valence-corrected chi connectivity index (χ2v) is 10.2. The molecule has 0 aliphatic heterocycles. The normalized spacial score (nSPS) is 15.9. The van der Waals surface area contributed by atoms with Crippen LogP contribution >= 0.6 is 11.3 Å². The van der Waals surface area contributed by atoms with Gasteiger partial charge in [0.15, 0.2) is 0 Å². The molecule has 152 valence electrons. The van der Waals surface area contributed by atoms with Gasteiger partial charge >= 0.3 is 0 Å². The van der Waals surface area contributed by atoms with Crippen LogP contribution in [0.25, 0.3) is 52.6 Å². The van der Waals surface area contributed by atoms with E-state index in [2.05, 4.69) is 30.3 Å². The summed E-state index contributed by atoms with van der Waals surface area (Å²) in [7, 11) is 0. The van der Waals surface area contributed by atoms with E-state index >= 15 is 0 Å². The first-order valence-electron chi connectivity index (χ1n) is 13.0. The van der Waals surface area contributed by atoms with Crippen molar-refractivity contribution in [2.75, 3.05) is 0 Å². The highest BCUT2D eigenvalue weighted by molar-refractivity contribution is 7.26. The van der Waals surface area contributed by atoms with Crippen molar-refractivity contribution in [3.63, 3.8) is 0 Å². The molecule has 0 unspecified atom stereocenters. The van der Waals surface area contributed by atoms with Crippen molar-refractivity contribution in [3.05, 3.63) is 78.0 Å². The summed E-state index contributed by atoms with van der Waals surface area (Å²) in [6.45, 7) is 2.95. The van der Waals surface area contributed by atoms with Crippen LogP contribution < -0.4 is 0 Å². The first-order valence-corrected chi connectivity index (χ1v) is 11.3. The third kappa shape index (κ3) is 2.78. The summed E-state index contributed by atoms with van der Waals surface area (Å²) in [5.74, 6) is 0. The van der Waals surface area contributed by atoms with Crippen molar-refractivity contribution in [1.82, 2.24) is 4.98 Å². The van der Waals surface area contributed by atoms with E-state index in [1.54, 1.807) is 11.3 Å². The van der Waals surface area contributed by atoms with Gasteiger partial charge in [-0.1, -0.05) is 75.4 Å². The monoisotopic (exact) mass is 424 g/mol. The van der Waals surface area contributed by atoms with Crippen LogP contribution in [0.4, 0.5) is 0 Å². The molecule has 0 N–H and O–H groups in total. The Morgan fingerprint density at radius 1 is 0.839 bits per heavy atom. The summed E-state index contributed by atoms with van der Waals surface area (Å²) < 4.78 is 45.8. The minimum Gasteiger partial charge on any atom is -0.255 e. The largest absolute Gasteiger partial charge is 0.255 e. The van der Waals surface area contributed by atoms with Gasteiger partial charge in [-0.25, -0.2) is 0 Å². The second-order valence-electron chi connectivity index (χ2n) is 9.15. The fourth-order valence-electron chi connectivity index (χ4n) is 4.65. The van der Waals surface area contributed by atoms with Crippen molar-refractivity contribution in [3.8, 4) is 0 Å². The molecule has 0 spiro atoms. The molecule has 6 rings (SSSR count). The summed E-state index contributed by atoms with van der Waals surface area (Å²) in [4.78, 5) is 4.72. The van der Waals surface area contributed by atoms with Crippen molar-refractivity contribution < 1.29 is 6.85 Å². The lowest BCUT2D eigenvalue weighted by Gasteiger charge is -2.22. The summed E-state index contributed by atoms with van der Waals surface area (Å²) in [5.41, 5.74) is -0.0163. The summed E-state index contributed by atoms with van der Waals surface area (Å²) in [6.07, 6.45) is -0.566. The molecule has 2 aromatic heterocycles. The number of hydrogen-bond acceptors (Lipinski definition) is 2. The van der Waals surface area contributed by atoms with Crippen LogP contribution in [0.3, 0.4) is 0 Å². The van der Waals surface area contributed by atoms with Gasteiger partial charge in [0.05, 0.1) is 5.52 Å². The van der Waals surface area contributed by atoms with Crippen molar-refractivity contribution in [2.45, 2.75) is 34.0 Å². The van der Waals surface area contributed by atoms with Gasteiger partial charge in [-0.2, -0.15) is 0 Å². The number of fused-ring (bicyclic) bond motifs is 10. The zero-order valence-electron chi connectivity index (χ0n) is 22.7. The smallest absolute Gasteiger partial charge is 0.0790 e. The topological polar surface area (TPSA) is 12.9 Å². The Morgan fingerprint density at radius 3 is 2.32 bits per heavy atom. The Labute approximate surface area is 193 Å². The van der Waals surface area contributed by atoms with E-state index in [-0.39, 0.29) is 11.1 Å². The minimum absolute atomic E-state index is 0.0235. The molecule has 0 saturated carbocycles. The fraction of sp³-hybridized carbons (Fsp3) is 0.207.